The third kappa shape index (κ3) is 5.49. The lowest BCUT2D eigenvalue weighted by Gasteiger charge is -2.23. The summed E-state index contributed by atoms with van der Waals surface area (Å²) in [6.45, 7) is 3.25. The standard InChI is InChI=1S/C19H26F3N3O5S/c1-18(2)14(17(27)25(3)24-18)16(26)11-6-7-13(19(20,21)22)15(23-8-9-30-4)12(11)10-31(5,28)29/h6-7,23-24,26H,8-10H2,1-5H3. The van der Waals surface area contributed by atoms with Crippen molar-refractivity contribution in [3.8, 4) is 0 Å². The molecule has 8 nitrogen and oxygen atoms in total. The number of benzene rings is 1. The molecule has 0 atom stereocenters. The summed E-state index contributed by atoms with van der Waals surface area (Å²) >= 11 is 0. The van der Waals surface area contributed by atoms with E-state index in [1.54, 1.807) is 13.8 Å². The van der Waals surface area contributed by atoms with Crippen molar-refractivity contribution in [3.63, 3.8) is 0 Å². The number of aliphatic hydroxyl groups is 1. The van der Waals surface area contributed by atoms with E-state index in [4.69, 9.17) is 4.74 Å². The van der Waals surface area contributed by atoms with E-state index in [9.17, 15) is 31.5 Å². The molecule has 3 N–H and O–H groups in total. The zero-order valence-corrected chi connectivity index (χ0v) is 18.7. The quantitative estimate of drug-likeness (QED) is 0.322. The molecular weight excluding hydrogens is 439 g/mol. The van der Waals surface area contributed by atoms with Crippen LogP contribution in [0.2, 0.25) is 0 Å². The van der Waals surface area contributed by atoms with Crippen molar-refractivity contribution in [2.45, 2.75) is 31.3 Å². The van der Waals surface area contributed by atoms with Crippen LogP contribution in [-0.4, -0.2) is 63.5 Å². The number of halogens is 3. The number of nitrogens with zero attached hydrogens (tertiary/aromatic N) is 1. The fourth-order valence-corrected chi connectivity index (χ4v) is 4.32. The molecule has 1 aromatic rings. The van der Waals surface area contributed by atoms with Gasteiger partial charge in [-0.1, -0.05) is 6.07 Å². The fraction of sp³-hybridized carbons (Fsp3) is 0.526. The molecule has 0 aliphatic carbocycles. The van der Waals surface area contributed by atoms with Crippen molar-refractivity contribution < 1.29 is 36.2 Å². The summed E-state index contributed by atoms with van der Waals surface area (Å²) in [4.78, 5) is 12.6. The van der Waals surface area contributed by atoms with Gasteiger partial charge in [-0.25, -0.2) is 13.8 Å². The van der Waals surface area contributed by atoms with Gasteiger partial charge in [0, 0.05) is 38.1 Å². The fourth-order valence-electron chi connectivity index (χ4n) is 3.49. The number of ether oxygens (including phenoxy) is 1. The summed E-state index contributed by atoms with van der Waals surface area (Å²) in [6.07, 6.45) is -3.91. The number of alkyl halides is 3. The Morgan fingerprint density at radius 3 is 2.39 bits per heavy atom. The van der Waals surface area contributed by atoms with Gasteiger partial charge in [-0.15, -0.1) is 0 Å². The first-order valence-corrected chi connectivity index (χ1v) is 11.3. The molecule has 174 valence electrons. The molecule has 0 saturated carbocycles. The molecule has 0 radical (unpaired) electrons. The van der Waals surface area contributed by atoms with E-state index in [0.717, 1.165) is 23.4 Å². The van der Waals surface area contributed by atoms with Gasteiger partial charge in [-0.05, 0) is 19.9 Å². The molecular formula is C19H26F3N3O5S. The smallest absolute Gasteiger partial charge is 0.418 e. The number of hydrazine groups is 1. The number of hydrogen-bond donors (Lipinski definition) is 3. The number of likely N-dealkylation sites (N-methyl/N-ethyl adjacent to an activating group) is 1. The van der Waals surface area contributed by atoms with Crippen LogP contribution in [0, 0.1) is 0 Å². The van der Waals surface area contributed by atoms with Crippen LogP contribution in [-0.2, 0) is 31.3 Å². The first kappa shape index (κ1) is 25.0. The van der Waals surface area contributed by atoms with Crippen LogP contribution >= 0.6 is 0 Å². The molecule has 1 saturated heterocycles. The average molecular weight is 465 g/mol. The SMILES string of the molecule is COCCNc1c(C(F)(F)F)ccc(C(O)=C2C(=O)N(C)NC2(C)C)c1CS(C)(=O)=O. The number of rotatable bonds is 7. The van der Waals surface area contributed by atoms with E-state index in [1.807, 2.05) is 0 Å². The summed E-state index contributed by atoms with van der Waals surface area (Å²) in [5.74, 6) is -1.95. The number of aliphatic hydroxyl groups excluding tert-OH is 1. The highest BCUT2D eigenvalue weighted by molar-refractivity contribution is 7.89. The molecule has 0 bridgehead atoms. The largest absolute Gasteiger partial charge is 0.507 e. The molecule has 0 spiro atoms. The molecule has 31 heavy (non-hydrogen) atoms. The van der Waals surface area contributed by atoms with Crippen molar-refractivity contribution >= 4 is 27.2 Å². The molecule has 1 aliphatic heterocycles. The van der Waals surface area contributed by atoms with Gasteiger partial charge >= 0.3 is 6.18 Å². The van der Waals surface area contributed by atoms with E-state index in [-0.39, 0.29) is 29.9 Å². The van der Waals surface area contributed by atoms with Crippen LogP contribution in [0.4, 0.5) is 18.9 Å². The number of carbonyl (C=O) groups excluding carboxylic acids is 1. The molecule has 1 fully saturated rings. The molecule has 1 aromatic carbocycles. The number of methoxy groups -OCH3 is 1. The maximum Gasteiger partial charge on any atom is 0.418 e. The Kier molecular flexibility index (Phi) is 6.98. The van der Waals surface area contributed by atoms with E-state index >= 15 is 0 Å². The lowest BCUT2D eigenvalue weighted by Crippen LogP contribution is -2.40. The monoisotopic (exact) mass is 465 g/mol. The molecule has 1 amide bonds. The van der Waals surface area contributed by atoms with Crippen LogP contribution in [0.25, 0.3) is 5.76 Å². The second-order valence-corrected chi connectivity index (χ2v) is 9.97. The van der Waals surface area contributed by atoms with Gasteiger partial charge < -0.3 is 15.2 Å². The summed E-state index contributed by atoms with van der Waals surface area (Å²) in [6, 6.07) is 1.73. The van der Waals surface area contributed by atoms with Crippen LogP contribution in [0.5, 0.6) is 0 Å². The maximum absolute atomic E-state index is 13.7. The Morgan fingerprint density at radius 2 is 1.94 bits per heavy atom. The van der Waals surface area contributed by atoms with Crippen LogP contribution in [0.1, 0.15) is 30.5 Å². The molecule has 12 heteroatoms. The normalized spacial score (nSPS) is 18.5. The Labute approximate surface area is 179 Å². The predicted molar refractivity (Wildman–Crippen MR) is 110 cm³/mol. The van der Waals surface area contributed by atoms with Gasteiger partial charge in [-0.3, -0.25) is 9.80 Å². The Bertz CT molecular complexity index is 1000. The van der Waals surface area contributed by atoms with E-state index in [2.05, 4.69) is 10.7 Å². The van der Waals surface area contributed by atoms with Crippen LogP contribution in [0.3, 0.4) is 0 Å². The van der Waals surface area contributed by atoms with Crippen molar-refractivity contribution in [3.05, 3.63) is 34.4 Å². The highest BCUT2D eigenvalue weighted by atomic mass is 32.2. The molecule has 1 heterocycles. The van der Waals surface area contributed by atoms with Crippen LogP contribution in [0.15, 0.2) is 17.7 Å². The van der Waals surface area contributed by atoms with Crippen molar-refractivity contribution in [2.75, 3.05) is 38.9 Å². The minimum atomic E-state index is -4.78. The highest BCUT2D eigenvalue weighted by Gasteiger charge is 2.43. The van der Waals surface area contributed by atoms with Gasteiger partial charge in [0.05, 0.1) is 34.7 Å². The first-order valence-electron chi connectivity index (χ1n) is 9.23. The number of anilines is 1. The van der Waals surface area contributed by atoms with Crippen molar-refractivity contribution in [2.24, 2.45) is 0 Å². The third-order valence-corrected chi connectivity index (χ3v) is 5.53. The lowest BCUT2D eigenvalue weighted by atomic mass is 9.90. The molecule has 1 aliphatic rings. The summed E-state index contributed by atoms with van der Waals surface area (Å²) in [5.41, 5.74) is -0.313. The number of hydrogen-bond acceptors (Lipinski definition) is 7. The highest BCUT2D eigenvalue weighted by Crippen LogP contribution is 2.41. The number of amides is 1. The number of sulfone groups is 1. The first-order chi connectivity index (χ1) is 14.1. The second-order valence-electron chi connectivity index (χ2n) is 7.83. The van der Waals surface area contributed by atoms with E-state index in [0.29, 0.717) is 0 Å². The van der Waals surface area contributed by atoms with Crippen molar-refractivity contribution in [1.29, 1.82) is 0 Å². The summed E-state index contributed by atoms with van der Waals surface area (Å²) < 4.78 is 70.0. The van der Waals surface area contributed by atoms with Crippen molar-refractivity contribution in [1.82, 2.24) is 10.4 Å². The zero-order chi connectivity index (χ0) is 23.8. The van der Waals surface area contributed by atoms with Gasteiger partial charge in [0.1, 0.15) is 5.76 Å². The predicted octanol–water partition coefficient (Wildman–Crippen LogP) is 2.33. The second kappa shape index (κ2) is 8.67. The Hall–Kier alpha value is -2.31. The topological polar surface area (TPSA) is 108 Å². The Morgan fingerprint density at radius 1 is 1.32 bits per heavy atom. The number of carbonyl (C=O) groups is 1. The lowest BCUT2D eigenvalue weighted by molar-refractivity contribution is -0.137. The van der Waals surface area contributed by atoms with E-state index in [1.165, 1.54) is 14.2 Å². The Balaban J connectivity index is 2.85. The summed E-state index contributed by atoms with van der Waals surface area (Å²) in [5, 5.41) is 14.7. The number of nitrogens with one attached hydrogen (secondary N) is 2. The minimum Gasteiger partial charge on any atom is -0.507 e. The van der Waals surface area contributed by atoms with E-state index < -0.39 is 50.2 Å². The maximum atomic E-state index is 13.7. The van der Waals surface area contributed by atoms with Gasteiger partial charge in [0.15, 0.2) is 9.84 Å². The summed E-state index contributed by atoms with van der Waals surface area (Å²) in [7, 11) is -1.00. The average Bonchev–Trinajstić information content (AvgIpc) is 2.80. The molecule has 0 unspecified atom stereocenters. The zero-order valence-electron chi connectivity index (χ0n) is 17.8. The minimum absolute atomic E-state index is 0.0359. The third-order valence-electron chi connectivity index (χ3n) is 4.72. The van der Waals surface area contributed by atoms with Gasteiger partial charge in [-0.2, -0.15) is 13.2 Å². The molecule has 0 aromatic heterocycles. The van der Waals surface area contributed by atoms with Gasteiger partial charge in [0.2, 0.25) is 0 Å². The van der Waals surface area contributed by atoms with Crippen LogP contribution < -0.4 is 10.7 Å². The van der Waals surface area contributed by atoms with Gasteiger partial charge in [0.25, 0.3) is 5.91 Å². The molecule has 2 rings (SSSR count).